The fourth-order valence-electron chi connectivity index (χ4n) is 0.584. The topological polar surface area (TPSA) is 18.5 Å². The molecule has 0 aliphatic carbocycles. The molecule has 3 atom stereocenters. The Morgan fingerprint density at radius 1 is 1.45 bits per heavy atom. The number of thioether (sulfide) groups is 1. The molecule has 0 rings (SSSR count). The summed E-state index contributed by atoms with van der Waals surface area (Å²) in [5, 5.41) is 0. The summed E-state index contributed by atoms with van der Waals surface area (Å²) in [6.45, 7) is 5.69. The van der Waals surface area contributed by atoms with Gasteiger partial charge in [-0.2, -0.15) is 0 Å². The minimum atomic E-state index is -0.810. The first kappa shape index (κ1) is 11.8. The number of ether oxygens (including phenoxy) is 1. The van der Waals surface area contributed by atoms with Gasteiger partial charge < -0.3 is 9.26 Å². The van der Waals surface area contributed by atoms with E-state index < -0.39 is 8.03 Å². The van der Waals surface area contributed by atoms with Crippen molar-refractivity contribution in [3.05, 3.63) is 0 Å². The summed E-state index contributed by atoms with van der Waals surface area (Å²) >= 11 is 1.64. The Morgan fingerprint density at radius 2 is 2.00 bits per heavy atom. The predicted octanol–water partition coefficient (Wildman–Crippen LogP) is 2.18. The molecular formula is C6H14BO2PS. The molecule has 2 nitrogen and oxygen atoms in total. The minimum Gasteiger partial charge on any atom is -0.342 e. The van der Waals surface area contributed by atoms with Crippen molar-refractivity contribution in [2.24, 2.45) is 0 Å². The molecule has 0 saturated carbocycles. The molecular weight excluding hydrogens is 178 g/mol. The van der Waals surface area contributed by atoms with Crippen molar-refractivity contribution < 1.29 is 9.26 Å². The lowest BCUT2D eigenvalue weighted by Gasteiger charge is -2.20. The van der Waals surface area contributed by atoms with Crippen LogP contribution in [0.5, 0.6) is 0 Å². The standard InChI is InChI=1S/C6H14BO2PS/c1-5(9-10(3)7)8-6(2)11-4/h5-6H,1-4H3. The van der Waals surface area contributed by atoms with E-state index in [4.69, 9.17) is 16.8 Å². The van der Waals surface area contributed by atoms with Gasteiger partial charge in [0.1, 0.15) is 13.0 Å². The monoisotopic (exact) mass is 192 g/mol. The lowest BCUT2D eigenvalue weighted by Crippen LogP contribution is -2.15. The SMILES string of the molecule is [B]P(C)OC(C)OC(C)SC. The summed E-state index contributed by atoms with van der Waals surface area (Å²) in [5.74, 6) is 0. The fourth-order valence-corrected chi connectivity index (χ4v) is 1.37. The van der Waals surface area contributed by atoms with Crippen LogP contribution < -0.4 is 0 Å². The molecule has 0 amide bonds. The van der Waals surface area contributed by atoms with Gasteiger partial charge in [-0.1, -0.05) is 0 Å². The number of hydrogen-bond acceptors (Lipinski definition) is 3. The van der Waals surface area contributed by atoms with Crippen LogP contribution in [-0.4, -0.2) is 32.2 Å². The second kappa shape index (κ2) is 6.30. The summed E-state index contributed by atoms with van der Waals surface area (Å²) in [4.78, 5) is 0. The number of rotatable bonds is 5. The molecule has 0 N–H and O–H groups in total. The van der Waals surface area contributed by atoms with E-state index in [0.29, 0.717) is 0 Å². The molecule has 64 valence electrons. The molecule has 0 aromatic rings. The van der Waals surface area contributed by atoms with Crippen LogP contribution >= 0.6 is 19.8 Å². The van der Waals surface area contributed by atoms with Gasteiger partial charge in [-0.25, -0.2) is 0 Å². The molecule has 5 heteroatoms. The highest BCUT2D eigenvalue weighted by Gasteiger charge is 2.08. The largest absolute Gasteiger partial charge is 0.342 e. The number of hydrogen-bond donors (Lipinski definition) is 0. The summed E-state index contributed by atoms with van der Waals surface area (Å²) in [5.41, 5.74) is 0.167. The van der Waals surface area contributed by atoms with Gasteiger partial charge >= 0.3 is 0 Å². The molecule has 11 heavy (non-hydrogen) atoms. The third-order valence-electron chi connectivity index (χ3n) is 1.03. The molecule has 0 bridgehead atoms. The van der Waals surface area contributed by atoms with E-state index in [-0.39, 0.29) is 11.7 Å². The van der Waals surface area contributed by atoms with E-state index in [0.717, 1.165) is 0 Å². The Hall–Kier alpha value is 0.765. The van der Waals surface area contributed by atoms with Gasteiger partial charge in [-0.3, -0.25) is 0 Å². The van der Waals surface area contributed by atoms with E-state index in [2.05, 4.69) is 0 Å². The lowest BCUT2D eigenvalue weighted by molar-refractivity contribution is -0.0655. The van der Waals surface area contributed by atoms with Crippen LogP contribution in [-0.2, 0) is 9.26 Å². The molecule has 3 unspecified atom stereocenters. The molecule has 0 aromatic heterocycles. The van der Waals surface area contributed by atoms with Crippen molar-refractivity contribution in [3.8, 4) is 0 Å². The Bertz CT molecular complexity index is 105. The summed E-state index contributed by atoms with van der Waals surface area (Å²) in [6.07, 6.45) is 1.80. The second-order valence-corrected chi connectivity index (χ2v) is 4.60. The van der Waals surface area contributed by atoms with Crippen molar-refractivity contribution in [1.29, 1.82) is 0 Å². The minimum absolute atomic E-state index is 0.167. The van der Waals surface area contributed by atoms with Crippen LogP contribution in [0.2, 0.25) is 0 Å². The average Bonchev–Trinajstić information content (AvgIpc) is 1.85. The zero-order chi connectivity index (χ0) is 8.85. The summed E-state index contributed by atoms with van der Waals surface area (Å²) in [6, 6.07) is 0. The summed E-state index contributed by atoms with van der Waals surface area (Å²) < 4.78 is 10.6. The van der Waals surface area contributed by atoms with Crippen LogP contribution in [0.1, 0.15) is 13.8 Å². The van der Waals surface area contributed by atoms with Crippen LogP contribution in [0.4, 0.5) is 0 Å². The lowest BCUT2D eigenvalue weighted by atomic mass is 10.7. The highest BCUT2D eigenvalue weighted by molar-refractivity contribution is 7.99. The maximum absolute atomic E-state index is 5.47. The van der Waals surface area contributed by atoms with Gasteiger partial charge in [0.15, 0.2) is 6.29 Å². The van der Waals surface area contributed by atoms with Crippen LogP contribution in [0.25, 0.3) is 0 Å². The quantitative estimate of drug-likeness (QED) is 0.378. The molecule has 0 spiro atoms. The van der Waals surface area contributed by atoms with Gasteiger partial charge in [0.25, 0.3) is 0 Å². The summed E-state index contributed by atoms with van der Waals surface area (Å²) in [7, 11) is 4.66. The Kier molecular flexibility index (Phi) is 6.74. The first-order valence-electron chi connectivity index (χ1n) is 3.39. The van der Waals surface area contributed by atoms with E-state index in [1.807, 2.05) is 26.8 Å². The van der Waals surface area contributed by atoms with E-state index in [1.165, 1.54) is 0 Å². The van der Waals surface area contributed by atoms with Gasteiger partial charge in [-0.15, -0.1) is 11.8 Å². The molecule has 2 radical (unpaired) electrons. The Morgan fingerprint density at radius 3 is 2.36 bits per heavy atom. The fraction of sp³-hybridized carbons (Fsp3) is 1.00. The van der Waals surface area contributed by atoms with Crippen LogP contribution in [0.3, 0.4) is 0 Å². The van der Waals surface area contributed by atoms with Crippen molar-refractivity contribution in [3.63, 3.8) is 0 Å². The molecule has 0 fully saturated rings. The third-order valence-corrected chi connectivity index (χ3v) is 2.43. The highest BCUT2D eigenvalue weighted by atomic mass is 32.2. The van der Waals surface area contributed by atoms with Gasteiger partial charge in [0.2, 0.25) is 0 Å². The molecule has 0 aliphatic heterocycles. The first-order chi connectivity index (χ1) is 5.06. The first-order valence-corrected chi connectivity index (χ1v) is 6.46. The highest BCUT2D eigenvalue weighted by Crippen LogP contribution is 2.28. The van der Waals surface area contributed by atoms with Crippen molar-refractivity contribution in [1.82, 2.24) is 0 Å². The molecule has 0 heterocycles. The Labute approximate surface area is 75.6 Å². The molecule has 0 saturated heterocycles. The van der Waals surface area contributed by atoms with Crippen LogP contribution in [0, 0.1) is 0 Å². The average molecular weight is 192 g/mol. The normalized spacial score (nSPS) is 19.3. The van der Waals surface area contributed by atoms with E-state index in [1.54, 1.807) is 11.8 Å². The third kappa shape index (κ3) is 7.14. The second-order valence-electron chi connectivity index (χ2n) is 2.16. The van der Waals surface area contributed by atoms with Crippen molar-refractivity contribution in [2.75, 3.05) is 12.9 Å². The van der Waals surface area contributed by atoms with E-state index >= 15 is 0 Å². The predicted molar refractivity (Wildman–Crippen MR) is 53.2 cm³/mol. The van der Waals surface area contributed by atoms with Crippen molar-refractivity contribution >= 4 is 27.4 Å². The molecule has 0 aliphatic rings. The van der Waals surface area contributed by atoms with Crippen LogP contribution in [0.15, 0.2) is 0 Å². The van der Waals surface area contributed by atoms with E-state index in [9.17, 15) is 0 Å². The van der Waals surface area contributed by atoms with Gasteiger partial charge in [0, 0.05) is 0 Å². The van der Waals surface area contributed by atoms with Crippen molar-refractivity contribution in [2.45, 2.75) is 25.6 Å². The van der Waals surface area contributed by atoms with Gasteiger partial charge in [0.05, 0.1) is 0 Å². The molecule has 0 aromatic carbocycles. The van der Waals surface area contributed by atoms with Gasteiger partial charge in [-0.05, 0) is 34.8 Å². The maximum Gasteiger partial charge on any atom is 0.158 e. The Balaban J connectivity index is 3.43. The zero-order valence-corrected chi connectivity index (χ0v) is 9.11. The zero-order valence-electron chi connectivity index (χ0n) is 7.40. The smallest absolute Gasteiger partial charge is 0.158 e. The maximum atomic E-state index is 5.47.